The zero-order valence-electron chi connectivity index (χ0n) is 8.94. The van der Waals surface area contributed by atoms with E-state index in [0.717, 1.165) is 24.2 Å². The summed E-state index contributed by atoms with van der Waals surface area (Å²) < 4.78 is 0. The number of rotatable bonds is 5. The predicted octanol–water partition coefficient (Wildman–Crippen LogP) is 3.25. The Labute approximate surface area is 95.9 Å². The van der Waals surface area contributed by atoms with Crippen LogP contribution in [-0.4, -0.2) is 10.9 Å². The second-order valence-corrected chi connectivity index (χ2v) is 4.57. The SMILES string of the molecule is C#CCCCSc1cccc(C(C)O)c1. The van der Waals surface area contributed by atoms with Crippen LogP contribution in [0, 0.1) is 12.3 Å². The van der Waals surface area contributed by atoms with Crippen molar-refractivity contribution in [2.45, 2.75) is 30.8 Å². The molecule has 0 saturated carbocycles. The van der Waals surface area contributed by atoms with Gasteiger partial charge in [0.2, 0.25) is 0 Å². The zero-order chi connectivity index (χ0) is 11.1. The largest absolute Gasteiger partial charge is 0.389 e. The van der Waals surface area contributed by atoms with Crippen molar-refractivity contribution in [2.75, 3.05) is 5.75 Å². The van der Waals surface area contributed by atoms with Crippen molar-refractivity contribution in [3.8, 4) is 12.3 Å². The second-order valence-electron chi connectivity index (χ2n) is 3.40. The van der Waals surface area contributed by atoms with E-state index in [4.69, 9.17) is 6.42 Å². The van der Waals surface area contributed by atoms with Gasteiger partial charge in [-0.15, -0.1) is 24.1 Å². The molecule has 0 fully saturated rings. The lowest BCUT2D eigenvalue weighted by Gasteiger charge is -2.06. The van der Waals surface area contributed by atoms with E-state index in [2.05, 4.69) is 12.0 Å². The maximum Gasteiger partial charge on any atom is 0.0762 e. The summed E-state index contributed by atoms with van der Waals surface area (Å²) in [5.74, 6) is 3.67. The van der Waals surface area contributed by atoms with E-state index < -0.39 is 6.10 Å². The number of terminal acetylenes is 1. The molecule has 1 atom stereocenters. The van der Waals surface area contributed by atoms with Gasteiger partial charge in [-0.25, -0.2) is 0 Å². The summed E-state index contributed by atoms with van der Waals surface area (Å²) in [5, 5.41) is 9.42. The highest BCUT2D eigenvalue weighted by atomic mass is 32.2. The molecule has 2 heteroatoms. The van der Waals surface area contributed by atoms with Crippen LogP contribution in [0.25, 0.3) is 0 Å². The summed E-state index contributed by atoms with van der Waals surface area (Å²) in [4.78, 5) is 1.20. The standard InChI is InChI=1S/C13H16OS/c1-3-4-5-9-15-13-8-6-7-12(10-13)11(2)14/h1,6-8,10-11,14H,4-5,9H2,2H3. The molecule has 0 aliphatic rings. The van der Waals surface area contributed by atoms with Gasteiger partial charge in [-0.3, -0.25) is 0 Å². The Kier molecular flexibility index (Phi) is 5.31. The first kappa shape index (κ1) is 12.2. The molecular weight excluding hydrogens is 204 g/mol. The van der Waals surface area contributed by atoms with Gasteiger partial charge >= 0.3 is 0 Å². The molecule has 1 N–H and O–H groups in total. The molecule has 1 rings (SSSR count). The quantitative estimate of drug-likeness (QED) is 0.467. The number of unbranched alkanes of at least 4 members (excludes halogenated alkanes) is 1. The van der Waals surface area contributed by atoms with E-state index in [1.807, 2.05) is 18.2 Å². The number of hydrogen-bond donors (Lipinski definition) is 1. The average Bonchev–Trinajstić information content (AvgIpc) is 2.25. The Hall–Kier alpha value is -0.910. The van der Waals surface area contributed by atoms with Gasteiger partial charge < -0.3 is 5.11 Å². The molecule has 0 aliphatic carbocycles. The van der Waals surface area contributed by atoms with Crippen LogP contribution < -0.4 is 0 Å². The summed E-state index contributed by atoms with van der Waals surface area (Å²) in [7, 11) is 0. The van der Waals surface area contributed by atoms with Gasteiger partial charge in [-0.1, -0.05) is 12.1 Å². The summed E-state index contributed by atoms with van der Waals surface area (Å²) in [6, 6.07) is 8.01. The Balaban J connectivity index is 2.48. The number of benzene rings is 1. The Bertz CT molecular complexity index is 339. The third kappa shape index (κ3) is 4.42. The predicted molar refractivity (Wildman–Crippen MR) is 65.9 cm³/mol. The molecule has 0 saturated heterocycles. The summed E-state index contributed by atoms with van der Waals surface area (Å²) in [6.07, 6.45) is 6.67. The Morgan fingerprint density at radius 2 is 2.33 bits per heavy atom. The van der Waals surface area contributed by atoms with Crippen LogP contribution in [0.4, 0.5) is 0 Å². The molecule has 15 heavy (non-hydrogen) atoms. The van der Waals surface area contributed by atoms with Crippen LogP contribution in [0.15, 0.2) is 29.2 Å². The van der Waals surface area contributed by atoms with Crippen LogP contribution in [0.2, 0.25) is 0 Å². The maximum absolute atomic E-state index is 9.42. The van der Waals surface area contributed by atoms with Crippen molar-refractivity contribution in [3.05, 3.63) is 29.8 Å². The average molecular weight is 220 g/mol. The van der Waals surface area contributed by atoms with E-state index in [-0.39, 0.29) is 0 Å². The molecule has 0 heterocycles. The van der Waals surface area contributed by atoms with E-state index in [1.165, 1.54) is 4.90 Å². The highest BCUT2D eigenvalue weighted by Crippen LogP contribution is 2.23. The molecular formula is C13H16OS. The minimum atomic E-state index is -0.392. The van der Waals surface area contributed by atoms with Crippen molar-refractivity contribution >= 4 is 11.8 Å². The molecule has 0 aliphatic heterocycles. The zero-order valence-corrected chi connectivity index (χ0v) is 9.76. The van der Waals surface area contributed by atoms with Gasteiger partial charge in [0.05, 0.1) is 6.10 Å². The van der Waals surface area contributed by atoms with Gasteiger partial charge in [0.25, 0.3) is 0 Å². The first-order chi connectivity index (χ1) is 7.24. The van der Waals surface area contributed by atoms with Crippen molar-refractivity contribution in [3.63, 3.8) is 0 Å². The smallest absolute Gasteiger partial charge is 0.0762 e. The van der Waals surface area contributed by atoms with Crippen LogP contribution in [0.5, 0.6) is 0 Å². The lowest BCUT2D eigenvalue weighted by molar-refractivity contribution is 0.199. The lowest BCUT2D eigenvalue weighted by Crippen LogP contribution is -1.90. The van der Waals surface area contributed by atoms with E-state index >= 15 is 0 Å². The van der Waals surface area contributed by atoms with Crippen molar-refractivity contribution in [2.24, 2.45) is 0 Å². The van der Waals surface area contributed by atoms with E-state index in [9.17, 15) is 5.11 Å². The molecule has 0 bridgehead atoms. The minimum Gasteiger partial charge on any atom is -0.389 e. The van der Waals surface area contributed by atoms with E-state index in [0.29, 0.717) is 0 Å². The minimum absolute atomic E-state index is 0.392. The first-order valence-corrected chi connectivity index (χ1v) is 6.07. The van der Waals surface area contributed by atoms with E-state index in [1.54, 1.807) is 18.7 Å². The molecule has 80 valence electrons. The Morgan fingerprint density at radius 3 is 3.00 bits per heavy atom. The summed E-state index contributed by atoms with van der Waals surface area (Å²) in [5.41, 5.74) is 0.969. The van der Waals surface area contributed by atoms with Gasteiger partial charge in [0, 0.05) is 11.3 Å². The van der Waals surface area contributed by atoms with Crippen molar-refractivity contribution in [1.29, 1.82) is 0 Å². The van der Waals surface area contributed by atoms with Gasteiger partial charge in [0.1, 0.15) is 0 Å². The number of aliphatic hydroxyl groups is 1. The van der Waals surface area contributed by atoms with Crippen LogP contribution >= 0.6 is 11.8 Å². The van der Waals surface area contributed by atoms with Crippen molar-refractivity contribution in [1.82, 2.24) is 0 Å². The molecule has 1 aromatic carbocycles. The number of aliphatic hydroxyl groups excluding tert-OH is 1. The highest BCUT2D eigenvalue weighted by molar-refractivity contribution is 7.99. The van der Waals surface area contributed by atoms with Crippen molar-refractivity contribution < 1.29 is 5.11 Å². The molecule has 0 aromatic heterocycles. The third-order valence-electron chi connectivity index (χ3n) is 2.07. The molecule has 0 spiro atoms. The second kappa shape index (κ2) is 6.55. The number of thioether (sulfide) groups is 1. The summed E-state index contributed by atoms with van der Waals surface area (Å²) in [6.45, 7) is 1.78. The van der Waals surface area contributed by atoms with Crippen LogP contribution in [0.1, 0.15) is 31.4 Å². The monoisotopic (exact) mass is 220 g/mol. The highest BCUT2D eigenvalue weighted by Gasteiger charge is 2.01. The van der Waals surface area contributed by atoms with Crippen LogP contribution in [0.3, 0.4) is 0 Å². The molecule has 1 aromatic rings. The van der Waals surface area contributed by atoms with Gasteiger partial charge in [-0.05, 0) is 36.8 Å². The van der Waals surface area contributed by atoms with Crippen LogP contribution in [-0.2, 0) is 0 Å². The summed E-state index contributed by atoms with van der Waals surface area (Å²) >= 11 is 1.79. The third-order valence-corrected chi connectivity index (χ3v) is 3.15. The molecule has 1 unspecified atom stereocenters. The maximum atomic E-state index is 9.42. The normalized spacial score (nSPS) is 12.1. The Morgan fingerprint density at radius 1 is 1.53 bits per heavy atom. The van der Waals surface area contributed by atoms with Gasteiger partial charge in [0.15, 0.2) is 0 Å². The molecule has 1 nitrogen and oxygen atoms in total. The number of hydrogen-bond acceptors (Lipinski definition) is 2. The topological polar surface area (TPSA) is 20.2 Å². The fourth-order valence-corrected chi connectivity index (χ4v) is 2.15. The molecule has 0 amide bonds. The molecule has 0 radical (unpaired) electrons. The fraction of sp³-hybridized carbons (Fsp3) is 0.385. The van der Waals surface area contributed by atoms with Gasteiger partial charge in [-0.2, -0.15) is 0 Å². The lowest BCUT2D eigenvalue weighted by atomic mass is 10.1. The fourth-order valence-electron chi connectivity index (χ4n) is 1.23. The first-order valence-electron chi connectivity index (χ1n) is 5.08.